The molecule has 5 atom stereocenters. The molecule has 22 heavy (non-hydrogen) atoms. The number of amides is 1. The molecular weight excluding hydrogens is 282 g/mol. The summed E-state index contributed by atoms with van der Waals surface area (Å²) < 4.78 is 10.8. The number of hydrogen-bond donors (Lipinski definition) is 1. The third-order valence-electron chi connectivity index (χ3n) is 5.93. The molecule has 6 heteroatoms. The highest BCUT2D eigenvalue weighted by Gasteiger charge is 2.74. The second-order valence-corrected chi connectivity index (χ2v) is 6.77. The van der Waals surface area contributed by atoms with E-state index in [0.29, 0.717) is 18.7 Å². The number of ether oxygens (including phenoxy) is 2. The standard InChI is InChI=1S/C16H19N3O3/c1-8-4-11-9(5-13(8)21-3)10-7-22-15(20)17-16(10)14-12(18(14)2)6-19(11)16/h4-5,10,12,14H,6-7H2,1-3H3,(H,17,20). The molecule has 6 nitrogen and oxygen atoms in total. The number of carbonyl (C=O) groups excluding carboxylic acids is 1. The Morgan fingerprint density at radius 3 is 3.05 bits per heavy atom. The van der Waals surface area contributed by atoms with Gasteiger partial charge in [0.05, 0.1) is 19.1 Å². The summed E-state index contributed by atoms with van der Waals surface area (Å²) in [6.07, 6.45) is -0.307. The normalized spacial score (nSPS) is 40.1. The van der Waals surface area contributed by atoms with Gasteiger partial charge in [-0.25, -0.2) is 4.79 Å². The number of aryl methyl sites for hydroxylation is 1. The molecule has 0 radical (unpaired) electrons. The summed E-state index contributed by atoms with van der Waals surface area (Å²) in [5.74, 6) is 1.04. The Morgan fingerprint density at radius 2 is 2.27 bits per heavy atom. The van der Waals surface area contributed by atoms with Crippen molar-refractivity contribution >= 4 is 11.8 Å². The number of hydrogen-bond acceptors (Lipinski definition) is 5. The second kappa shape index (κ2) is 3.68. The van der Waals surface area contributed by atoms with Crippen LogP contribution in [0.4, 0.5) is 10.5 Å². The topological polar surface area (TPSA) is 53.8 Å². The molecule has 5 unspecified atom stereocenters. The molecule has 1 N–H and O–H groups in total. The van der Waals surface area contributed by atoms with Crippen LogP contribution in [0, 0.1) is 6.92 Å². The zero-order chi connectivity index (χ0) is 15.2. The maximum absolute atomic E-state index is 12.0. The molecule has 1 aromatic rings. The van der Waals surface area contributed by atoms with E-state index in [1.165, 1.54) is 11.3 Å². The van der Waals surface area contributed by atoms with Crippen LogP contribution in [0.1, 0.15) is 17.0 Å². The van der Waals surface area contributed by atoms with Crippen LogP contribution in [0.5, 0.6) is 5.75 Å². The third-order valence-corrected chi connectivity index (χ3v) is 5.93. The summed E-state index contributed by atoms with van der Waals surface area (Å²) in [5.41, 5.74) is 3.21. The first kappa shape index (κ1) is 12.6. The van der Waals surface area contributed by atoms with Crippen LogP contribution in [-0.4, -0.2) is 56.0 Å². The molecular formula is C16H19N3O3. The smallest absolute Gasteiger partial charge is 0.409 e. The quantitative estimate of drug-likeness (QED) is 0.786. The first-order valence-electron chi connectivity index (χ1n) is 7.71. The lowest BCUT2D eigenvalue weighted by molar-refractivity contribution is 0.0713. The van der Waals surface area contributed by atoms with E-state index < -0.39 is 0 Å². The minimum atomic E-state index is -0.351. The minimum absolute atomic E-state index is 0.148. The van der Waals surface area contributed by atoms with Crippen molar-refractivity contribution in [1.29, 1.82) is 0 Å². The maximum atomic E-state index is 12.0. The molecule has 4 aliphatic heterocycles. The number of piperazine rings is 1. The molecule has 0 bridgehead atoms. The van der Waals surface area contributed by atoms with Gasteiger partial charge in [-0.15, -0.1) is 0 Å². The Labute approximate surface area is 129 Å². The highest BCUT2D eigenvalue weighted by atomic mass is 16.6. The van der Waals surface area contributed by atoms with Gasteiger partial charge in [0.2, 0.25) is 0 Å². The summed E-state index contributed by atoms with van der Waals surface area (Å²) in [6.45, 7) is 3.45. The molecule has 0 aromatic heterocycles. The number of nitrogens with zero attached hydrogens (tertiary/aromatic N) is 2. The Morgan fingerprint density at radius 1 is 1.45 bits per heavy atom. The summed E-state index contributed by atoms with van der Waals surface area (Å²) in [5, 5.41) is 3.16. The fourth-order valence-electron chi connectivity index (χ4n) is 4.89. The van der Waals surface area contributed by atoms with E-state index in [1.807, 2.05) is 0 Å². The first-order valence-corrected chi connectivity index (χ1v) is 7.71. The Balaban J connectivity index is 1.71. The third kappa shape index (κ3) is 1.20. The highest BCUT2D eigenvalue weighted by Crippen LogP contribution is 2.60. The van der Waals surface area contributed by atoms with E-state index in [4.69, 9.17) is 9.47 Å². The van der Waals surface area contributed by atoms with Gasteiger partial charge in [-0.05, 0) is 37.2 Å². The zero-order valence-corrected chi connectivity index (χ0v) is 12.9. The lowest BCUT2D eigenvalue weighted by Gasteiger charge is -2.44. The SMILES string of the molecule is COc1cc2c(cc1C)N1CC3C(N3C)C13NC(=O)OCC23. The number of fused-ring (bicyclic) bond motifs is 4. The van der Waals surface area contributed by atoms with Crippen molar-refractivity contribution in [3.05, 3.63) is 23.3 Å². The molecule has 116 valence electrons. The van der Waals surface area contributed by atoms with Gasteiger partial charge in [-0.2, -0.15) is 0 Å². The molecule has 5 rings (SSSR count). The molecule has 1 spiro atoms. The van der Waals surface area contributed by atoms with Crippen molar-refractivity contribution in [2.24, 2.45) is 0 Å². The predicted octanol–water partition coefficient (Wildman–Crippen LogP) is 1.04. The van der Waals surface area contributed by atoms with Gasteiger partial charge in [0.15, 0.2) is 0 Å². The van der Waals surface area contributed by atoms with E-state index in [9.17, 15) is 4.79 Å². The van der Waals surface area contributed by atoms with Gasteiger partial charge in [0.25, 0.3) is 0 Å². The summed E-state index contributed by atoms with van der Waals surface area (Å²) in [7, 11) is 3.83. The van der Waals surface area contributed by atoms with Gasteiger partial charge in [0.1, 0.15) is 18.0 Å². The van der Waals surface area contributed by atoms with E-state index >= 15 is 0 Å². The molecule has 3 fully saturated rings. The van der Waals surface area contributed by atoms with Crippen molar-refractivity contribution in [2.45, 2.75) is 30.6 Å². The van der Waals surface area contributed by atoms with Crippen molar-refractivity contribution in [3.63, 3.8) is 0 Å². The van der Waals surface area contributed by atoms with Gasteiger partial charge < -0.3 is 14.4 Å². The van der Waals surface area contributed by atoms with Crippen molar-refractivity contribution in [2.75, 3.05) is 32.2 Å². The van der Waals surface area contributed by atoms with Crippen LogP contribution in [-0.2, 0) is 4.74 Å². The van der Waals surface area contributed by atoms with E-state index in [1.54, 1.807) is 7.11 Å². The lowest BCUT2D eigenvalue weighted by atomic mass is 9.86. The Kier molecular flexibility index (Phi) is 2.11. The Bertz CT molecular complexity index is 706. The predicted molar refractivity (Wildman–Crippen MR) is 80.4 cm³/mol. The number of nitrogens with one attached hydrogen (secondary N) is 1. The number of benzene rings is 1. The van der Waals surface area contributed by atoms with Crippen LogP contribution in [0.3, 0.4) is 0 Å². The van der Waals surface area contributed by atoms with Gasteiger partial charge >= 0.3 is 6.09 Å². The first-order chi connectivity index (χ1) is 10.6. The zero-order valence-electron chi connectivity index (χ0n) is 12.9. The van der Waals surface area contributed by atoms with E-state index in [2.05, 4.69) is 41.2 Å². The molecule has 4 aliphatic rings. The number of methoxy groups -OCH3 is 1. The van der Waals surface area contributed by atoms with Crippen LogP contribution in [0.2, 0.25) is 0 Å². The fourth-order valence-corrected chi connectivity index (χ4v) is 4.89. The average molecular weight is 301 g/mol. The van der Waals surface area contributed by atoms with Crippen LogP contribution >= 0.6 is 0 Å². The minimum Gasteiger partial charge on any atom is -0.496 e. The average Bonchev–Trinajstić information content (AvgIpc) is 2.89. The van der Waals surface area contributed by atoms with Crippen LogP contribution in [0.15, 0.2) is 12.1 Å². The van der Waals surface area contributed by atoms with Crippen molar-refractivity contribution < 1.29 is 14.3 Å². The molecule has 4 heterocycles. The van der Waals surface area contributed by atoms with Crippen LogP contribution < -0.4 is 15.0 Å². The number of rotatable bonds is 1. The number of likely N-dealkylation sites (N-methyl/N-ethyl adjacent to an activating group) is 1. The fraction of sp³-hybridized carbons (Fsp3) is 0.562. The molecule has 3 saturated heterocycles. The number of carbonyl (C=O) groups is 1. The van der Waals surface area contributed by atoms with E-state index in [0.717, 1.165) is 17.9 Å². The van der Waals surface area contributed by atoms with Crippen molar-refractivity contribution in [1.82, 2.24) is 10.2 Å². The lowest BCUT2D eigenvalue weighted by Crippen LogP contribution is -2.67. The summed E-state index contributed by atoms with van der Waals surface area (Å²) in [6, 6.07) is 5.19. The number of anilines is 1. The highest BCUT2D eigenvalue weighted by molar-refractivity contribution is 5.78. The number of alkyl carbamates (subject to hydrolysis) is 1. The molecule has 0 saturated carbocycles. The van der Waals surface area contributed by atoms with Gasteiger partial charge in [-0.3, -0.25) is 10.2 Å². The van der Waals surface area contributed by atoms with E-state index in [-0.39, 0.29) is 17.7 Å². The second-order valence-electron chi connectivity index (χ2n) is 6.77. The maximum Gasteiger partial charge on any atom is 0.409 e. The summed E-state index contributed by atoms with van der Waals surface area (Å²) >= 11 is 0. The van der Waals surface area contributed by atoms with Gasteiger partial charge in [0, 0.05) is 18.3 Å². The van der Waals surface area contributed by atoms with Crippen molar-refractivity contribution in [3.8, 4) is 5.75 Å². The molecule has 1 aromatic carbocycles. The summed E-state index contributed by atoms with van der Waals surface area (Å²) in [4.78, 5) is 16.7. The van der Waals surface area contributed by atoms with Crippen LogP contribution in [0.25, 0.3) is 0 Å². The van der Waals surface area contributed by atoms with Gasteiger partial charge in [-0.1, -0.05) is 0 Å². The Hall–Kier alpha value is -1.95. The number of cyclic esters (lactones) is 1. The molecule has 1 amide bonds. The monoisotopic (exact) mass is 301 g/mol. The largest absolute Gasteiger partial charge is 0.496 e. The molecule has 0 aliphatic carbocycles.